The number of aryl methyl sites for hydroxylation is 1. The Labute approximate surface area is 252 Å². The second-order valence-electron chi connectivity index (χ2n) is 9.64. The molecule has 1 aliphatic heterocycles. The van der Waals surface area contributed by atoms with Gasteiger partial charge in [-0.05, 0) is 30.2 Å². The molecule has 0 bridgehead atoms. The van der Waals surface area contributed by atoms with Crippen molar-refractivity contribution < 1.29 is 28.8 Å². The van der Waals surface area contributed by atoms with Crippen molar-refractivity contribution in [2.24, 2.45) is 0 Å². The van der Waals surface area contributed by atoms with E-state index in [1.54, 1.807) is 24.3 Å². The molecular weight excluding hydrogens is 592 g/mol. The number of hydrogen-bond donors (Lipinski definition) is 1. The highest BCUT2D eigenvalue weighted by molar-refractivity contribution is 8.00. The number of benzene rings is 3. The van der Waals surface area contributed by atoms with Crippen molar-refractivity contribution >= 4 is 56.6 Å². The molecule has 3 heterocycles. The number of ketones is 1. The summed E-state index contributed by atoms with van der Waals surface area (Å²) < 4.78 is 11.7. The smallest absolute Gasteiger partial charge is 0.296 e. The van der Waals surface area contributed by atoms with Gasteiger partial charge in [0.1, 0.15) is 0 Å². The lowest BCUT2D eigenvalue weighted by molar-refractivity contribution is -0.384. The number of Topliss-reactive ketones (excluding diaryl/α,β-unsaturated/α-hetero) is 1. The standard InChI is InChI=1S/C30H22N4O7S2/c1-16-9-11-17(12-10-16)15-42-30-32-31-29(43-30)33-24(18-5-3-7-20(13-18)34(38)39)23(26(36)28(33)37)25(35)22-14-19-6-4-8-21(40-2)27(19)41-22/h3-14,24,36H,15H2,1-2H3. The Morgan fingerprint density at radius 3 is 2.65 bits per heavy atom. The second kappa shape index (κ2) is 11.3. The molecule has 3 aromatic carbocycles. The number of aliphatic hydroxyl groups is 1. The minimum absolute atomic E-state index is 0.119. The average molecular weight is 615 g/mol. The van der Waals surface area contributed by atoms with Crippen molar-refractivity contribution in [3.63, 3.8) is 0 Å². The lowest BCUT2D eigenvalue weighted by Gasteiger charge is -2.23. The maximum atomic E-state index is 13.9. The van der Waals surface area contributed by atoms with Crippen LogP contribution < -0.4 is 9.64 Å². The first kappa shape index (κ1) is 28.1. The molecule has 0 radical (unpaired) electrons. The second-order valence-corrected chi connectivity index (χ2v) is 11.8. The number of non-ortho nitro benzene ring substituents is 1. The van der Waals surface area contributed by atoms with Gasteiger partial charge in [0.05, 0.1) is 23.6 Å². The van der Waals surface area contributed by atoms with Crippen molar-refractivity contribution in [1.82, 2.24) is 10.2 Å². The first-order valence-electron chi connectivity index (χ1n) is 12.9. The Bertz CT molecular complexity index is 1930. The number of aliphatic hydroxyl groups excluding tert-OH is 1. The van der Waals surface area contributed by atoms with Gasteiger partial charge in [0.2, 0.25) is 10.9 Å². The molecule has 0 aliphatic carbocycles. The summed E-state index contributed by atoms with van der Waals surface area (Å²) >= 11 is 2.53. The normalized spacial score (nSPS) is 15.0. The van der Waals surface area contributed by atoms with E-state index in [0.717, 1.165) is 27.4 Å². The summed E-state index contributed by atoms with van der Waals surface area (Å²) in [5.74, 6) is -1.59. The molecule has 1 aliphatic rings. The van der Waals surface area contributed by atoms with Gasteiger partial charge in [-0.3, -0.25) is 24.6 Å². The number of nitro benzene ring substituents is 1. The molecule has 1 atom stereocenters. The summed E-state index contributed by atoms with van der Waals surface area (Å²) in [6.45, 7) is 2.01. The SMILES string of the molecule is COc1cccc2cc(C(=O)C3=C(O)C(=O)N(c4nnc(SCc5ccc(C)cc5)s4)C3c3cccc([N+](=O)[O-])c3)oc12. The number of rotatable bonds is 9. The van der Waals surface area contributed by atoms with Gasteiger partial charge < -0.3 is 14.3 Å². The molecule has 13 heteroatoms. The molecule has 6 rings (SSSR count). The van der Waals surface area contributed by atoms with Crippen LogP contribution in [0.25, 0.3) is 11.0 Å². The predicted molar refractivity (Wildman–Crippen MR) is 161 cm³/mol. The van der Waals surface area contributed by atoms with Gasteiger partial charge in [-0.15, -0.1) is 10.2 Å². The number of hydrogen-bond acceptors (Lipinski definition) is 11. The zero-order valence-corrected chi connectivity index (χ0v) is 24.3. The zero-order chi connectivity index (χ0) is 30.2. The third-order valence-corrected chi connectivity index (χ3v) is 9.01. The van der Waals surface area contributed by atoms with Crippen LogP contribution in [0, 0.1) is 17.0 Å². The van der Waals surface area contributed by atoms with Crippen LogP contribution in [0.5, 0.6) is 5.75 Å². The van der Waals surface area contributed by atoms with Crippen LogP contribution in [0.15, 0.2) is 92.9 Å². The van der Waals surface area contributed by atoms with E-state index in [-0.39, 0.29) is 27.7 Å². The number of thioether (sulfide) groups is 1. The van der Waals surface area contributed by atoms with Crippen LogP contribution >= 0.6 is 23.1 Å². The topological polar surface area (TPSA) is 149 Å². The lowest BCUT2D eigenvalue weighted by atomic mass is 9.95. The van der Waals surface area contributed by atoms with Gasteiger partial charge >= 0.3 is 0 Å². The molecule has 5 aromatic rings. The van der Waals surface area contributed by atoms with E-state index < -0.39 is 28.4 Å². The summed E-state index contributed by atoms with van der Waals surface area (Å²) in [5, 5.41) is 31.8. The van der Waals surface area contributed by atoms with Crippen molar-refractivity contribution in [2.45, 2.75) is 23.1 Å². The minimum atomic E-state index is -1.24. The average Bonchev–Trinajstić information content (AvgIpc) is 3.73. The zero-order valence-electron chi connectivity index (χ0n) is 22.7. The molecule has 1 amide bonds. The number of furan rings is 1. The monoisotopic (exact) mass is 614 g/mol. The van der Waals surface area contributed by atoms with Crippen LogP contribution in [0.4, 0.5) is 10.8 Å². The molecule has 0 spiro atoms. The third kappa shape index (κ3) is 5.24. The van der Waals surface area contributed by atoms with E-state index in [9.17, 15) is 24.8 Å². The molecule has 43 heavy (non-hydrogen) atoms. The number of ether oxygens (including phenoxy) is 1. The highest BCUT2D eigenvalue weighted by Gasteiger charge is 2.47. The van der Waals surface area contributed by atoms with Crippen LogP contribution in [0.3, 0.4) is 0 Å². The first-order valence-corrected chi connectivity index (χ1v) is 14.7. The Morgan fingerprint density at radius 1 is 1.14 bits per heavy atom. The van der Waals surface area contributed by atoms with E-state index in [2.05, 4.69) is 10.2 Å². The van der Waals surface area contributed by atoms with Crippen molar-refractivity contribution in [3.8, 4) is 5.75 Å². The number of para-hydroxylation sites is 1. The Morgan fingerprint density at radius 2 is 1.91 bits per heavy atom. The molecule has 0 saturated carbocycles. The molecule has 1 N–H and O–H groups in total. The van der Waals surface area contributed by atoms with E-state index in [1.165, 1.54) is 43.1 Å². The predicted octanol–water partition coefficient (Wildman–Crippen LogP) is 6.58. The Balaban J connectivity index is 1.39. The molecular formula is C30H22N4O7S2. The number of carbonyl (C=O) groups excluding carboxylic acids is 2. The highest BCUT2D eigenvalue weighted by atomic mass is 32.2. The maximum Gasteiger partial charge on any atom is 0.296 e. The molecule has 0 fully saturated rings. The van der Waals surface area contributed by atoms with Crippen LogP contribution in [-0.2, 0) is 10.5 Å². The number of anilines is 1. The van der Waals surface area contributed by atoms with Gasteiger partial charge in [0, 0.05) is 23.3 Å². The molecule has 2 aromatic heterocycles. The minimum Gasteiger partial charge on any atom is -0.503 e. The van der Waals surface area contributed by atoms with Crippen molar-refractivity contribution in [3.05, 3.63) is 117 Å². The summed E-state index contributed by atoms with van der Waals surface area (Å²) in [5.41, 5.74) is 2.23. The fourth-order valence-corrected chi connectivity index (χ4v) is 6.61. The largest absolute Gasteiger partial charge is 0.503 e. The van der Waals surface area contributed by atoms with Crippen LogP contribution in [0.1, 0.15) is 33.3 Å². The first-order chi connectivity index (χ1) is 20.7. The Kier molecular flexibility index (Phi) is 7.42. The summed E-state index contributed by atoms with van der Waals surface area (Å²) in [6.07, 6.45) is 0. The summed E-state index contributed by atoms with van der Waals surface area (Å²) in [6, 6.07) is 19.0. The third-order valence-electron chi connectivity index (χ3n) is 6.89. The van der Waals surface area contributed by atoms with Gasteiger partial charge in [-0.1, -0.05) is 77.2 Å². The fraction of sp³-hybridized carbons (Fsp3) is 0.133. The number of aromatic nitrogens is 2. The number of nitro groups is 1. The Hall–Kier alpha value is -5.01. The highest BCUT2D eigenvalue weighted by Crippen LogP contribution is 2.45. The number of methoxy groups -OCH3 is 1. The number of carbonyl (C=O) groups is 2. The quantitative estimate of drug-likeness (QED) is 0.0634. The number of fused-ring (bicyclic) bond motifs is 1. The van der Waals surface area contributed by atoms with Crippen LogP contribution in [-0.4, -0.2) is 39.0 Å². The summed E-state index contributed by atoms with van der Waals surface area (Å²) in [7, 11) is 1.47. The molecule has 11 nitrogen and oxygen atoms in total. The van der Waals surface area contributed by atoms with E-state index in [4.69, 9.17) is 9.15 Å². The summed E-state index contributed by atoms with van der Waals surface area (Å²) in [4.78, 5) is 39.7. The van der Waals surface area contributed by atoms with E-state index in [1.807, 2.05) is 31.2 Å². The number of amides is 1. The fourth-order valence-electron chi connectivity index (χ4n) is 4.79. The van der Waals surface area contributed by atoms with E-state index >= 15 is 0 Å². The molecule has 0 saturated heterocycles. The van der Waals surface area contributed by atoms with Crippen molar-refractivity contribution in [2.75, 3.05) is 12.0 Å². The van der Waals surface area contributed by atoms with Gasteiger partial charge in [-0.2, -0.15) is 0 Å². The van der Waals surface area contributed by atoms with E-state index in [0.29, 0.717) is 26.8 Å². The van der Waals surface area contributed by atoms with Gasteiger partial charge in [0.15, 0.2) is 27.2 Å². The van der Waals surface area contributed by atoms with Crippen molar-refractivity contribution in [1.29, 1.82) is 0 Å². The molecule has 1 unspecified atom stereocenters. The van der Waals surface area contributed by atoms with Gasteiger partial charge in [-0.25, -0.2) is 0 Å². The van der Waals surface area contributed by atoms with Crippen LogP contribution in [0.2, 0.25) is 0 Å². The van der Waals surface area contributed by atoms with Gasteiger partial charge in [0.25, 0.3) is 11.6 Å². The lowest BCUT2D eigenvalue weighted by Crippen LogP contribution is -2.31. The maximum absolute atomic E-state index is 13.9. The number of nitrogens with zero attached hydrogens (tertiary/aromatic N) is 4. The molecule has 216 valence electrons.